The summed E-state index contributed by atoms with van der Waals surface area (Å²) in [5.41, 5.74) is -0.00933. The maximum absolute atomic E-state index is 15.7. The van der Waals surface area contributed by atoms with Crippen molar-refractivity contribution in [1.29, 1.82) is 0 Å². The number of rotatable bonds is 8. The number of carbonyl (C=O) groups excluding carboxylic acids is 2. The second-order valence-corrected chi connectivity index (χ2v) is 23.4. The number of esters is 1. The number of nitrogens with zero attached hydrogens (tertiary/aromatic N) is 4. The number of hydrogen-bond donors (Lipinski definition) is 1. The van der Waals surface area contributed by atoms with E-state index in [1.165, 1.54) is 18.4 Å². The summed E-state index contributed by atoms with van der Waals surface area (Å²) < 4.78 is 8.64. The van der Waals surface area contributed by atoms with E-state index in [-0.39, 0.29) is 51.7 Å². The van der Waals surface area contributed by atoms with Gasteiger partial charge in [-0.2, -0.15) is 0 Å². The van der Waals surface area contributed by atoms with Gasteiger partial charge in [0.25, 0.3) is 0 Å². The van der Waals surface area contributed by atoms with E-state index in [9.17, 15) is 14.7 Å². The molecule has 2 bridgehead atoms. The van der Waals surface area contributed by atoms with Gasteiger partial charge in [0.05, 0.1) is 17.3 Å². The number of ether oxygens (including phenoxy) is 1. The quantitative estimate of drug-likeness (QED) is 0.206. The summed E-state index contributed by atoms with van der Waals surface area (Å²) in [5, 5.41) is 18.8. The lowest BCUT2D eigenvalue weighted by molar-refractivity contribution is -0.250. The summed E-state index contributed by atoms with van der Waals surface area (Å²) in [6.07, 6.45) is 14.5. The lowest BCUT2D eigenvalue weighted by atomic mass is 9.32. The van der Waals surface area contributed by atoms with E-state index in [2.05, 4.69) is 88.6 Å². The fourth-order valence-electron chi connectivity index (χ4n) is 16.5. The van der Waals surface area contributed by atoms with Crippen LogP contribution in [0.2, 0.25) is 0 Å². The Morgan fingerprint density at radius 1 is 0.845 bits per heavy atom. The molecule has 2 aliphatic heterocycles. The normalized spacial score (nSPS) is 42.9. The molecule has 1 N–H and O–H groups in total. The zero-order valence-corrected chi connectivity index (χ0v) is 38.0. The molecule has 7 fully saturated rings. The molecule has 0 aromatic carbocycles. The molecule has 9 heteroatoms. The minimum absolute atomic E-state index is 0.115. The van der Waals surface area contributed by atoms with E-state index in [4.69, 9.17) is 4.74 Å². The van der Waals surface area contributed by atoms with Crippen molar-refractivity contribution in [3.8, 4) is 0 Å². The van der Waals surface area contributed by atoms with Crippen LogP contribution in [-0.4, -0.2) is 60.8 Å². The summed E-state index contributed by atoms with van der Waals surface area (Å²) in [7, 11) is 0. The number of carboxylic acids is 1. The fourth-order valence-corrected chi connectivity index (χ4v) is 16.5. The van der Waals surface area contributed by atoms with Crippen LogP contribution in [0.4, 0.5) is 0 Å². The molecule has 13 atom stereocenters. The Morgan fingerprint density at radius 3 is 2.14 bits per heavy atom. The zero-order valence-electron chi connectivity index (χ0n) is 38.0. The van der Waals surface area contributed by atoms with Crippen molar-refractivity contribution >= 4 is 17.8 Å². The highest BCUT2D eigenvalue weighted by Gasteiger charge is 2.73. The van der Waals surface area contributed by atoms with Crippen LogP contribution in [0.1, 0.15) is 189 Å². The Bertz CT molecular complexity index is 1830. The van der Waals surface area contributed by atoms with Crippen molar-refractivity contribution in [3.05, 3.63) is 23.8 Å². The molecule has 58 heavy (non-hydrogen) atoms. The van der Waals surface area contributed by atoms with Crippen molar-refractivity contribution in [3.63, 3.8) is 0 Å². The second-order valence-electron chi connectivity index (χ2n) is 23.4. The van der Waals surface area contributed by atoms with Gasteiger partial charge in [0.1, 0.15) is 17.8 Å². The van der Waals surface area contributed by atoms with E-state index < -0.39 is 17.4 Å². The van der Waals surface area contributed by atoms with Crippen LogP contribution in [0.3, 0.4) is 0 Å². The fraction of sp³-hybridized carbons (Fsp3) is 0.857. The number of aromatic nitrogens is 3. The van der Waals surface area contributed by atoms with Crippen molar-refractivity contribution in [1.82, 2.24) is 19.7 Å². The zero-order chi connectivity index (χ0) is 42.1. The van der Waals surface area contributed by atoms with Crippen LogP contribution in [0, 0.1) is 69.0 Å². The van der Waals surface area contributed by atoms with Crippen LogP contribution >= 0.6 is 0 Å². The van der Waals surface area contributed by atoms with Crippen molar-refractivity contribution in [2.45, 2.75) is 203 Å². The summed E-state index contributed by atoms with van der Waals surface area (Å²) >= 11 is 0. The third-order valence-electron chi connectivity index (χ3n) is 19.6. The standard InChI is InChI=1S/C49H76N4O5/c1-28(2)34-17-22-49(42(55)53-31-13-14-32(53)26-33(25-31)52-30(5)50-51-41(52)29(3)4)24-23-47(11)35(40(34)49)15-16-37-46(10)20-19-38(58-39(54)27-44(6,7)43(56)57)45(8,9)36(46)18-21-48(37,47)12/h29,31-38,40H,1,13-27H2,2-12H3,(H,56,57)/t31-,32+,33-,34-,35+,36-,37+,38-,40+,46-,47+,48+,49-/m0/s1. The van der Waals surface area contributed by atoms with Gasteiger partial charge in [-0.3, -0.25) is 14.4 Å². The van der Waals surface area contributed by atoms with Crippen molar-refractivity contribution in [2.75, 3.05) is 0 Å². The number of piperidine rings is 1. The first-order valence-corrected chi connectivity index (χ1v) is 23.4. The molecule has 8 rings (SSSR count). The van der Waals surface area contributed by atoms with Crippen LogP contribution in [0.5, 0.6) is 0 Å². The highest BCUT2D eigenvalue weighted by molar-refractivity contribution is 5.85. The number of fused-ring (bicyclic) bond motifs is 9. The summed E-state index contributed by atoms with van der Waals surface area (Å²) in [5.74, 6) is 3.70. The third kappa shape index (κ3) is 5.89. The molecule has 322 valence electrons. The summed E-state index contributed by atoms with van der Waals surface area (Å²) in [6.45, 7) is 29.1. The van der Waals surface area contributed by atoms with Crippen LogP contribution < -0.4 is 0 Å². The Morgan fingerprint density at radius 2 is 1.52 bits per heavy atom. The summed E-state index contributed by atoms with van der Waals surface area (Å²) in [6, 6.07) is 0.928. The van der Waals surface area contributed by atoms with E-state index in [1.807, 2.05) is 0 Å². The van der Waals surface area contributed by atoms with E-state index >= 15 is 4.79 Å². The van der Waals surface area contributed by atoms with Gasteiger partial charge >= 0.3 is 11.9 Å². The van der Waals surface area contributed by atoms with E-state index in [0.29, 0.717) is 47.5 Å². The number of carboxylic acid groups (broad SMARTS) is 1. The number of amides is 1. The SMILES string of the molecule is C=C(C)[C@@H]1CC[C@]2(C(=O)N3[C@@H]4CC[C@H]3C[C@H](n3c(C)nnc3C(C)C)C4)CC[C@]3(C)[C@H](CC[C@@H]4[C@@]5(C)CC[C@H](OC(=O)CC(C)(C)C(=O)O)C(C)(C)[C@@H]5CC[C@]43C)[C@@H]12. The van der Waals surface area contributed by atoms with Gasteiger partial charge < -0.3 is 19.3 Å². The highest BCUT2D eigenvalue weighted by Crippen LogP contribution is 2.78. The lowest BCUT2D eigenvalue weighted by Gasteiger charge is -2.73. The first-order valence-electron chi connectivity index (χ1n) is 23.4. The number of allylic oxidation sites excluding steroid dienone is 1. The predicted octanol–water partition coefficient (Wildman–Crippen LogP) is 10.5. The Kier molecular flexibility index (Phi) is 10.1. The van der Waals surface area contributed by atoms with Crippen LogP contribution in [0.15, 0.2) is 12.2 Å². The molecule has 2 saturated heterocycles. The van der Waals surface area contributed by atoms with Gasteiger partial charge in [-0.05, 0) is 163 Å². The number of aliphatic carboxylic acids is 1. The Balaban J connectivity index is 1.05. The first-order chi connectivity index (χ1) is 27.0. The average Bonchev–Trinajstić information content (AvgIpc) is 3.80. The molecular weight excluding hydrogens is 725 g/mol. The van der Waals surface area contributed by atoms with Gasteiger partial charge in [-0.1, -0.05) is 60.6 Å². The second kappa shape index (κ2) is 13.9. The van der Waals surface area contributed by atoms with Crippen molar-refractivity contribution < 1.29 is 24.2 Å². The van der Waals surface area contributed by atoms with E-state index in [1.54, 1.807) is 13.8 Å². The lowest BCUT2D eigenvalue weighted by Crippen LogP contribution is -2.68. The first kappa shape index (κ1) is 42.0. The molecule has 1 aromatic rings. The van der Waals surface area contributed by atoms with Crippen LogP contribution in [-0.2, 0) is 19.1 Å². The molecule has 7 aliphatic rings. The maximum atomic E-state index is 15.7. The predicted molar refractivity (Wildman–Crippen MR) is 226 cm³/mol. The summed E-state index contributed by atoms with van der Waals surface area (Å²) in [4.78, 5) is 43.2. The molecule has 5 saturated carbocycles. The monoisotopic (exact) mass is 801 g/mol. The minimum Gasteiger partial charge on any atom is -0.481 e. The molecule has 1 aromatic heterocycles. The Hall–Kier alpha value is -2.71. The third-order valence-corrected chi connectivity index (χ3v) is 19.6. The largest absolute Gasteiger partial charge is 0.481 e. The molecule has 0 spiro atoms. The number of carbonyl (C=O) groups is 3. The van der Waals surface area contributed by atoms with E-state index in [0.717, 1.165) is 88.7 Å². The molecule has 1 amide bonds. The topological polar surface area (TPSA) is 115 Å². The molecule has 5 aliphatic carbocycles. The van der Waals surface area contributed by atoms with Gasteiger partial charge in [0.15, 0.2) is 0 Å². The van der Waals surface area contributed by atoms with Gasteiger partial charge in [0.2, 0.25) is 5.91 Å². The molecule has 0 radical (unpaired) electrons. The number of aryl methyl sites for hydroxylation is 1. The highest BCUT2D eigenvalue weighted by atomic mass is 16.5. The molecule has 3 heterocycles. The minimum atomic E-state index is -1.15. The van der Waals surface area contributed by atoms with Gasteiger partial charge in [-0.25, -0.2) is 0 Å². The smallest absolute Gasteiger partial charge is 0.309 e. The van der Waals surface area contributed by atoms with Crippen molar-refractivity contribution in [2.24, 2.45) is 62.1 Å². The maximum Gasteiger partial charge on any atom is 0.309 e. The molecular formula is C49H76N4O5. The average molecular weight is 801 g/mol. The Labute approximate surface area is 349 Å². The molecule has 9 nitrogen and oxygen atoms in total. The van der Waals surface area contributed by atoms with Gasteiger partial charge in [-0.15, -0.1) is 10.2 Å². The number of hydrogen-bond acceptors (Lipinski definition) is 6. The van der Waals surface area contributed by atoms with Crippen LogP contribution in [0.25, 0.3) is 0 Å². The molecule has 0 unspecified atom stereocenters. The van der Waals surface area contributed by atoms with Gasteiger partial charge in [0, 0.05) is 29.5 Å².